The van der Waals surface area contributed by atoms with Crippen LogP contribution >= 0.6 is 0 Å². The summed E-state index contributed by atoms with van der Waals surface area (Å²) in [4.78, 5) is -0.101. The minimum atomic E-state index is -4.31. The minimum absolute atomic E-state index is 0.0716. The molecule has 1 heterocycles. The van der Waals surface area contributed by atoms with Crippen LogP contribution < -0.4 is 0 Å². The predicted molar refractivity (Wildman–Crippen MR) is 116 cm³/mol. The van der Waals surface area contributed by atoms with Crippen LogP contribution in [-0.4, -0.2) is 54.4 Å². The Morgan fingerprint density at radius 1 is 1.06 bits per heavy atom. The van der Waals surface area contributed by atoms with E-state index in [2.05, 4.69) is 0 Å². The molecule has 0 spiro atoms. The van der Waals surface area contributed by atoms with Gasteiger partial charge in [-0.15, -0.1) is 0 Å². The molecule has 3 rings (SSSR count). The molecule has 1 saturated heterocycles. The Balaban J connectivity index is 1.90. The van der Waals surface area contributed by atoms with Crippen LogP contribution in [0.15, 0.2) is 70.8 Å². The van der Waals surface area contributed by atoms with E-state index in [1.165, 1.54) is 12.1 Å². The zero-order valence-electron chi connectivity index (χ0n) is 18.1. The molecule has 0 aliphatic carbocycles. The van der Waals surface area contributed by atoms with Crippen LogP contribution in [0.25, 0.3) is 0 Å². The van der Waals surface area contributed by atoms with Crippen LogP contribution in [-0.2, 0) is 30.4 Å². The van der Waals surface area contributed by atoms with Gasteiger partial charge in [0.2, 0.25) is 0 Å². The average Bonchev–Trinajstić information content (AvgIpc) is 3.04. The highest BCUT2D eigenvalue weighted by atomic mass is 32.2. The molecule has 1 unspecified atom stereocenters. The molecule has 0 aromatic heterocycles. The first-order chi connectivity index (χ1) is 15.1. The molecular weight excluding hydrogens is 436 g/mol. The summed E-state index contributed by atoms with van der Waals surface area (Å²) in [5, 5.41) is 31.2. The summed E-state index contributed by atoms with van der Waals surface area (Å²) >= 11 is 0. The van der Waals surface area contributed by atoms with E-state index in [1.807, 2.05) is 37.3 Å². The molecule has 5 atom stereocenters. The molecule has 0 radical (unpaired) electrons. The summed E-state index contributed by atoms with van der Waals surface area (Å²) < 4.78 is 42.4. The fourth-order valence-corrected chi connectivity index (χ4v) is 4.37. The maximum absolute atomic E-state index is 12.9. The number of aryl methyl sites for hydroxylation is 1. The third kappa shape index (κ3) is 5.55. The first kappa shape index (κ1) is 24.4. The van der Waals surface area contributed by atoms with Crippen LogP contribution in [0.2, 0.25) is 0 Å². The van der Waals surface area contributed by atoms with Crippen molar-refractivity contribution in [3.8, 4) is 0 Å². The van der Waals surface area contributed by atoms with Crippen molar-refractivity contribution < 1.29 is 37.4 Å². The number of hydrogen-bond acceptors (Lipinski definition) is 8. The van der Waals surface area contributed by atoms with Gasteiger partial charge in [-0.1, -0.05) is 48.0 Å². The lowest BCUT2D eigenvalue weighted by atomic mass is 10.0. The van der Waals surface area contributed by atoms with Gasteiger partial charge in [0.05, 0.1) is 11.5 Å². The Hall–Kier alpha value is -2.27. The van der Waals surface area contributed by atoms with E-state index in [9.17, 15) is 23.7 Å². The molecule has 2 aromatic carbocycles. The molecule has 0 bridgehead atoms. The second-order valence-corrected chi connectivity index (χ2v) is 9.48. The third-order valence-corrected chi connectivity index (χ3v) is 6.46. The fourth-order valence-electron chi connectivity index (χ4n) is 3.32. The van der Waals surface area contributed by atoms with Crippen molar-refractivity contribution in [1.82, 2.24) is 0 Å². The molecule has 1 fully saturated rings. The van der Waals surface area contributed by atoms with Crippen LogP contribution in [0.3, 0.4) is 0 Å². The highest BCUT2D eigenvalue weighted by Crippen LogP contribution is 2.32. The van der Waals surface area contributed by atoms with Crippen molar-refractivity contribution in [2.45, 2.75) is 63.0 Å². The highest BCUT2D eigenvalue weighted by molar-refractivity contribution is 7.86. The van der Waals surface area contributed by atoms with E-state index >= 15 is 0 Å². The van der Waals surface area contributed by atoms with Gasteiger partial charge in [0, 0.05) is 0 Å². The van der Waals surface area contributed by atoms with E-state index in [0.717, 1.165) is 11.1 Å². The Morgan fingerprint density at radius 2 is 1.69 bits per heavy atom. The molecular formula is C23H28O8S. The van der Waals surface area contributed by atoms with Gasteiger partial charge >= 0.3 is 0 Å². The zero-order valence-corrected chi connectivity index (χ0v) is 18.9. The number of hydrogen-bond donors (Lipinski definition) is 3. The third-order valence-electron chi connectivity index (χ3n) is 5.15. The van der Waals surface area contributed by atoms with E-state index in [1.54, 1.807) is 26.0 Å². The van der Waals surface area contributed by atoms with Gasteiger partial charge in [0.1, 0.15) is 24.1 Å². The number of allylic oxidation sites excluding steroid dienone is 1. The van der Waals surface area contributed by atoms with Crippen molar-refractivity contribution in [2.75, 3.05) is 0 Å². The first-order valence-electron chi connectivity index (χ1n) is 10.1. The lowest BCUT2D eigenvalue weighted by Crippen LogP contribution is -2.44. The smallest absolute Gasteiger partial charge is 0.297 e. The molecule has 8 nitrogen and oxygen atoms in total. The molecule has 2 aromatic rings. The Bertz CT molecular complexity index is 1030. The number of benzene rings is 2. The summed E-state index contributed by atoms with van der Waals surface area (Å²) in [6.45, 7) is 5.04. The van der Waals surface area contributed by atoms with Gasteiger partial charge in [-0.05, 0) is 44.0 Å². The Morgan fingerprint density at radius 3 is 2.28 bits per heavy atom. The van der Waals surface area contributed by atoms with E-state index in [0.29, 0.717) is 5.57 Å². The van der Waals surface area contributed by atoms with E-state index in [-0.39, 0.29) is 17.3 Å². The molecule has 1 aliphatic heterocycles. The second kappa shape index (κ2) is 10.1. The Labute approximate surface area is 187 Å². The van der Waals surface area contributed by atoms with Crippen molar-refractivity contribution >= 4 is 10.1 Å². The molecule has 32 heavy (non-hydrogen) atoms. The number of ether oxygens (including phenoxy) is 2. The monoisotopic (exact) mass is 464 g/mol. The van der Waals surface area contributed by atoms with E-state index < -0.39 is 40.8 Å². The van der Waals surface area contributed by atoms with Crippen LogP contribution in [0.5, 0.6) is 0 Å². The van der Waals surface area contributed by atoms with Crippen molar-refractivity contribution in [3.63, 3.8) is 0 Å². The molecule has 0 saturated carbocycles. The van der Waals surface area contributed by atoms with Gasteiger partial charge in [-0.2, -0.15) is 8.42 Å². The quantitative estimate of drug-likeness (QED) is 0.402. The fraction of sp³-hybridized carbons (Fsp3) is 0.391. The lowest BCUT2D eigenvalue weighted by Gasteiger charge is -2.28. The van der Waals surface area contributed by atoms with Crippen molar-refractivity contribution in [3.05, 3.63) is 77.1 Å². The van der Waals surface area contributed by atoms with Gasteiger partial charge < -0.3 is 24.8 Å². The molecule has 1 aliphatic rings. The van der Waals surface area contributed by atoms with Crippen LogP contribution in [0.1, 0.15) is 25.0 Å². The van der Waals surface area contributed by atoms with Gasteiger partial charge in [0.25, 0.3) is 10.1 Å². The summed E-state index contributed by atoms with van der Waals surface area (Å²) in [5.74, 6) is -0.389. The second-order valence-electron chi connectivity index (χ2n) is 7.91. The molecule has 174 valence electrons. The van der Waals surface area contributed by atoms with E-state index in [4.69, 9.17) is 13.7 Å². The summed E-state index contributed by atoms with van der Waals surface area (Å²) in [6, 6.07) is 15.1. The SMILES string of the molecule is CC(C)=C(O)C(OS(=O)(=O)c1ccc(C)cc1)[C@H]1O[C@H](O)[C@H](O)[C@H]1OCc1ccccc1. The number of aliphatic hydroxyl groups excluding tert-OH is 3. The molecule has 0 amide bonds. The summed E-state index contributed by atoms with van der Waals surface area (Å²) in [5.41, 5.74) is 2.05. The largest absolute Gasteiger partial charge is 0.509 e. The van der Waals surface area contributed by atoms with Crippen LogP contribution in [0.4, 0.5) is 0 Å². The first-order valence-corrected chi connectivity index (χ1v) is 11.5. The van der Waals surface area contributed by atoms with Gasteiger partial charge in [-0.3, -0.25) is 4.18 Å². The maximum atomic E-state index is 12.9. The van der Waals surface area contributed by atoms with Crippen molar-refractivity contribution in [1.29, 1.82) is 0 Å². The van der Waals surface area contributed by atoms with Crippen LogP contribution in [0, 0.1) is 6.92 Å². The minimum Gasteiger partial charge on any atom is -0.509 e. The molecule has 9 heteroatoms. The zero-order chi connectivity index (χ0) is 23.5. The highest BCUT2D eigenvalue weighted by Gasteiger charge is 2.50. The number of aliphatic hydroxyl groups is 3. The summed E-state index contributed by atoms with van der Waals surface area (Å²) in [7, 11) is -4.31. The standard InChI is InChI=1S/C23H28O8S/c1-14(2)18(24)21(31-32(27,28)17-11-9-15(3)10-12-17)22-20(19(25)23(26)30-22)29-13-16-7-5-4-6-8-16/h4-12,19-26H,13H2,1-3H3/t19-,20-,21?,22+,23+/m1/s1. The summed E-state index contributed by atoms with van der Waals surface area (Å²) in [6.07, 6.45) is -7.11. The molecule has 3 N–H and O–H groups in total. The normalized spacial score (nSPS) is 24.3. The van der Waals surface area contributed by atoms with Crippen molar-refractivity contribution in [2.24, 2.45) is 0 Å². The topological polar surface area (TPSA) is 123 Å². The number of rotatable bonds is 8. The average molecular weight is 465 g/mol. The van der Waals surface area contributed by atoms with Gasteiger partial charge in [0.15, 0.2) is 12.4 Å². The maximum Gasteiger partial charge on any atom is 0.297 e. The lowest BCUT2D eigenvalue weighted by molar-refractivity contribution is -0.141. The van der Waals surface area contributed by atoms with Gasteiger partial charge in [-0.25, -0.2) is 0 Å². The predicted octanol–water partition coefficient (Wildman–Crippen LogP) is 2.58. The Kier molecular flexibility index (Phi) is 7.71.